The van der Waals surface area contributed by atoms with E-state index in [4.69, 9.17) is 4.42 Å². The van der Waals surface area contributed by atoms with Crippen molar-refractivity contribution < 1.29 is 12.8 Å². The highest BCUT2D eigenvalue weighted by Gasteiger charge is 2.20. The molecule has 2 N–H and O–H groups in total. The highest BCUT2D eigenvalue weighted by atomic mass is 32.2. The molecule has 0 aliphatic rings. The van der Waals surface area contributed by atoms with Crippen molar-refractivity contribution in [2.45, 2.75) is 17.9 Å². The summed E-state index contributed by atoms with van der Waals surface area (Å²) < 4.78 is 31.8. The molecule has 2 aromatic rings. The highest BCUT2D eigenvalue weighted by molar-refractivity contribution is 7.89. The molecule has 7 nitrogen and oxygen atoms in total. The van der Waals surface area contributed by atoms with Crippen molar-refractivity contribution in [2.24, 2.45) is 0 Å². The standard InChI is InChI=1S/C11H14N4O3S/c1-8(10-4-3-5-18-10)15-19(16,17)9-6-13-11(12-2)14-7-9/h3-8,15H,1-2H3,(H,12,13,14). The van der Waals surface area contributed by atoms with Gasteiger partial charge in [0.1, 0.15) is 10.7 Å². The number of rotatable bonds is 5. The third-order valence-electron chi connectivity index (χ3n) is 2.46. The van der Waals surface area contributed by atoms with Crippen molar-refractivity contribution in [3.05, 3.63) is 36.5 Å². The van der Waals surface area contributed by atoms with Crippen LogP contribution < -0.4 is 10.0 Å². The van der Waals surface area contributed by atoms with Crippen molar-refractivity contribution in [1.82, 2.24) is 14.7 Å². The van der Waals surface area contributed by atoms with Crippen LogP contribution in [0.5, 0.6) is 0 Å². The summed E-state index contributed by atoms with van der Waals surface area (Å²) >= 11 is 0. The van der Waals surface area contributed by atoms with E-state index >= 15 is 0 Å². The zero-order chi connectivity index (χ0) is 13.9. The first kappa shape index (κ1) is 13.5. The van der Waals surface area contributed by atoms with E-state index in [1.54, 1.807) is 26.1 Å². The normalized spacial score (nSPS) is 13.2. The number of nitrogens with one attached hydrogen (secondary N) is 2. The lowest BCUT2D eigenvalue weighted by atomic mass is 10.3. The van der Waals surface area contributed by atoms with Gasteiger partial charge < -0.3 is 9.73 Å². The maximum absolute atomic E-state index is 12.1. The van der Waals surface area contributed by atoms with Crippen molar-refractivity contribution in [3.63, 3.8) is 0 Å². The van der Waals surface area contributed by atoms with Gasteiger partial charge >= 0.3 is 0 Å². The van der Waals surface area contributed by atoms with E-state index < -0.39 is 16.1 Å². The van der Waals surface area contributed by atoms with Gasteiger partial charge in [0.25, 0.3) is 0 Å². The van der Waals surface area contributed by atoms with Crippen LogP contribution in [0.15, 0.2) is 40.1 Å². The topological polar surface area (TPSA) is 97.1 Å². The van der Waals surface area contributed by atoms with E-state index in [-0.39, 0.29) is 4.90 Å². The Kier molecular flexibility index (Phi) is 3.82. The SMILES string of the molecule is CNc1ncc(S(=O)(=O)NC(C)c2ccco2)cn1. The molecule has 0 bridgehead atoms. The number of sulfonamides is 1. The van der Waals surface area contributed by atoms with Gasteiger partial charge in [-0.3, -0.25) is 0 Å². The molecule has 0 saturated carbocycles. The molecule has 2 rings (SSSR count). The Morgan fingerprint density at radius 2 is 2.00 bits per heavy atom. The molecule has 19 heavy (non-hydrogen) atoms. The van der Waals surface area contributed by atoms with E-state index in [1.807, 2.05) is 0 Å². The summed E-state index contributed by atoms with van der Waals surface area (Å²) in [5, 5.41) is 2.72. The molecule has 0 spiro atoms. The molecule has 0 fully saturated rings. The van der Waals surface area contributed by atoms with Gasteiger partial charge in [0.15, 0.2) is 0 Å². The molecule has 1 unspecified atom stereocenters. The first-order valence-corrected chi connectivity index (χ1v) is 7.07. The van der Waals surface area contributed by atoms with Crippen molar-refractivity contribution >= 4 is 16.0 Å². The van der Waals surface area contributed by atoms with Crippen molar-refractivity contribution in [1.29, 1.82) is 0 Å². The highest BCUT2D eigenvalue weighted by Crippen LogP contribution is 2.16. The third-order valence-corrected chi connectivity index (χ3v) is 3.96. The fourth-order valence-electron chi connectivity index (χ4n) is 1.48. The summed E-state index contributed by atoms with van der Waals surface area (Å²) in [6, 6.07) is 2.93. The fraction of sp³-hybridized carbons (Fsp3) is 0.273. The molecule has 0 aromatic carbocycles. The third kappa shape index (κ3) is 3.09. The molecule has 0 amide bonds. The number of furan rings is 1. The Morgan fingerprint density at radius 1 is 1.32 bits per heavy atom. The average Bonchev–Trinajstić information content (AvgIpc) is 2.92. The Morgan fingerprint density at radius 3 is 2.53 bits per heavy atom. The fourth-order valence-corrected chi connectivity index (χ4v) is 2.58. The zero-order valence-electron chi connectivity index (χ0n) is 10.5. The van der Waals surface area contributed by atoms with Gasteiger partial charge in [-0.1, -0.05) is 0 Å². The Labute approximate surface area is 111 Å². The predicted octanol–water partition coefficient (Wildman–Crippen LogP) is 1.15. The zero-order valence-corrected chi connectivity index (χ0v) is 11.3. The van der Waals surface area contributed by atoms with Crippen LogP contribution in [-0.2, 0) is 10.0 Å². The van der Waals surface area contributed by atoms with Gasteiger partial charge in [-0.05, 0) is 19.1 Å². The van der Waals surface area contributed by atoms with Gasteiger partial charge in [0.2, 0.25) is 16.0 Å². The quantitative estimate of drug-likeness (QED) is 0.854. The van der Waals surface area contributed by atoms with Gasteiger partial charge in [0.05, 0.1) is 24.7 Å². The second kappa shape index (κ2) is 5.37. The van der Waals surface area contributed by atoms with Crippen molar-refractivity contribution in [2.75, 3.05) is 12.4 Å². The monoisotopic (exact) mass is 282 g/mol. The summed E-state index contributed by atoms with van der Waals surface area (Å²) in [6.45, 7) is 1.69. The Hall–Kier alpha value is -1.93. The van der Waals surface area contributed by atoms with Crippen LogP contribution >= 0.6 is 0 Å². The van der Waals surface area contributed by atoms with E-state index in [0.29, 0.717) is 11.7 Å². The number of anilines is 1. The molecule has 2 heterocycles. The minimum absolute atomic E-state index is 0.00454. The molecular formula is C11H14N4O3S. The predicted molar refractivity (Wildman–Crippen MR) is 69.0 cm³/mol. The molecule has 0 aliphatic heterocycles. The summed E-state index contributed by atoms with van der Waals surface area (Å²) in [7, 11) is -2.02. The van der Waals surface area contributed by atoms with Crippen LogP contribution in [0.3, 0.4) is 0 Å². The average molecular weight is 282 g/mol. The van der Waals surface area contributed by atoms with E-state index in [9.17, 15) is 8.42 Å². The molecule has 1 atom stereocenters. The van der Waals surface area contributed by atoms with E-state index in [2.05, 4.69) is 20.0 Å². The number of nitrogens with zero attached hydrogens (tertiary/aromatic N) is 2. The lowest BCUT2D eigenvalue weighted by Crippen LogP contribution is -2.27. The largest absolute Gasteiger partial charge is 0.468 e. The second-order valence-corrected chi connectivity index (χ2v) is 5.56. The van der Waals surface area contributed by atoms with Crippen LogP contribution in [0.2, 0.25) is 0 Å². The maximum Gasteiger partial charge on any atom is 0.244 e. The summed E-state index contributed by atoms with van der Waals surface area (Å²) in [4.78, 5) is 7.74. The second-order valence-electron chi connectivity index (χ2n) is 3.85. The number of hydrogen-bond acceptors (Lipinski definition) is 6. The molecule has 0 saturated heterocycles. The van der Waals surface area contributed by atoms with Crippen LogP contribution in [0.4, 0.5) is 5.95 Å². The summed E-state index contributed by atoms with van der Waals surface area (Å²) in [5.74, 6) is 0.898. The first-order valence-electron chi connectivity index (χ1n) is 5.58. The lowest BCUT2D eigenvalue weighted by molar-refractivity contribution is 0.459. The first-order chi connectivity index (χ1) is 9.03. The van der Waals surface area contributed by atoms with Gasteiger partial charge in [-0.15, -0.1) is 0 Å². The van der Waals surface area contributed by atoms with E-state index in [0.717, 1.165) is 0 Å². The van der Waals surface area contributed by atoms with Crippen molar-refractivity contribution in [3.8, 4) is 0 Å². The molecular weight excluding hydrogens is 268 g/mol. The van der Waals surface area contributed by atoms with Crippen LogP contribution in [0.1, 0.15) is 18.7 Å². The summed E-state index contributed by atoms with van der Waals surface area (Å²) in [6.07, 6.45) is 3.98. The van der Waals surface area contributed by atoms with Gasteiger partial charge in [-0.25, -0.2) is 23.1 Å². The van der Waals surface area contributed by atoms with E-state index in [1.165, 1.54) is 18.7 Å². The smallest absolute Gasteiger partial charge is 0.244 e. The maximum atomic E-state index is 12.1. The minimum atomic E-state index is -3.67. The molecule has 0 radical (unpaired) electrons. The van der Waals surface area contributed by atoms with Crippen LogP contribution in [-0.4, -0.2) is 25.4 Å². The Bertz CT molecular complexity index is 622. The molecule has 8 heteroatoms. The number of aromatic nitrogens is 2. The lowest BCUT2D eigenvalue weighted by Gasteiger charge is -2.11. The number of hydrogen-bond donors (Lipinski definition) is 2. The Balaban J connectivity index is 2.17. The van der Waals surface area contributed by atoms with Gasteiger partial charge in [-0.2, -0.15) is 0 Å². The minimum Gasteiger partial charge on any atom is -0.468 e. The molecule has 2 aromatic heterocycles. The molecule has 0 aliphatic carbocycles. The van der Waals surface area contributed by atoms with Crippen LogP contribution in [0, 0.1) is 0 Å². The molecule has 102 valence electrons. The summed E-state index contributed by atoms with van der Waals surface area (Å²) in [5.41, 5.74) is 0. The van der Waals surface area contributed by atoms with Crippen LogP contribution in [0.25, 0.3) is 0 Å². The van der Waals surface area contributed by atoms with Gasteiger partial charge in [0, 0.05) is 7.05 Å².